The third-order valence-corrected chi connectivity index (χ3v) is 2.22. The fourth-order valence-corrected chi connectivity index (χ4v) is 1.26. The number of carbonyl (C=O) groups is 1. The predicted molar refractivity (Wildman–Crippen MR) is 64.1 cm³/mol. The number of hydrogen-bond acceptors (Lipinski definition) is 3. The summed E-state index contributed by atoms with van der Waals surface area (Å²) in [5, 5.41) is 9.38. The largest absolute Gasteiger partial charge is 0.395 e. The van der Waals surface area contributed by atoms with E-state index >= 15 is 0 Å². The summed E-state index contributed by atoms with van der Waals surface area (Å²) in [6.45, 7) is 6.40. The molecule has 0 atom stereocenters. The molecule has 1 aromatic heterocycles. The SMILES string of the molecule is CCc1[nH]nc(C(=O)NCC=C(C)C)c1N. The van der Waals surface area contributed by atoms with Crippen molar-refractivity contribution in [1.82, 2.24) is 15.5 Å². The van der Waals surface area contributed by atoms with E-state index in [2.05, 4.69) is 15.5 Å². The average Bonchev–Trinajstić information content (AvgIpc) is 2.58. The third-order valence-electron chi connectivity index (χ3n) is 2.22. The van der Waals surface area contributed by atoms with Crippen LogP contribution in [0.1, 0.15) is 37.0 Å². The second-order valence-corrected chi connectivity index (χ2v) is 3.81. The summed E-state index contributed by atoms with van der Waals surface area (Å²) in [4.78, 5) is 11.7. The molecule has 1 aromatic rings. The Morgan fingerprint density at radius 3 is 2.75 bits per heavy atom. The van der Waals surface area contributed by atoms with E-state index in [1.165, 1.54) is 0 Å². The van der Waals surface area contributed by atoms with Crippen LogP contribution in [0.3, 0.4) is 0 Å². The van der Waals surface area contributed by atoms with E-state index in [-0.39, 0.29) is 11.6 Å². The molecule has 0 spiro atoms. The minimum absolute atomic E-state index is 0.244. The van der Waals surface area contributed by atoms with Gasteiger partial charge in [0.25, 0.3) is 5.91 Å². The number of carbonyl (C=O) groups excluding carboxylic acids is 1. The second kappa shape index (κ2) is 5.34. The van der Waals surface area contributed by atoms with Crippen LogP contribution in [0.5, 0.6) is 0 Å². The van der Waals surface area contributed by atoms with Gasteiger partial charge in [0.15, 0.2) is 5.69 Å². The quantitative estimate of drug-likeness (QED) is 0.670. The lowest BCUT2D eigenvalue weighted by Gasteiger charge is -2.00. The molecule has 0 fully saturated rings. The van der Waals surface area contributed by atoms with E-state index in [1.54, 1.807) is 0 Å². The monoisotopic (exact) mass is 222 g/mol. The lowest BCUT2D eigenvalue weighted by Crippen LogP contribution is -2.24. The first kappa shape index (κ1) is 12.3. The molecule has 0 saturated carbocycles. The number of nitrogens with one attached hydrogen (secondary N) is 2. The number of rotatable bonds is 4. The van der Waals surface area contributed by atoms with Crippen molar-refractivity contribution in [3.05, 3.63) is 23.0 Å². The van der Waals surface area contributed by atoms with Crippen molar-refractivity contribution in [2.45, 2.75) is 27.2 Å². The normalized spacial score (nSPS) is 9.94. The Bertz CT molecular complexity index is 402. The van der Waals surface area contributed by atoms with Gasteiger partial charge in [-0.2, -0.15) is 5.10 Å². The van der Waals surface area contributed by atoms with Gasteiger partial charge in [0.1, 0.15) is 0 Å². The molecule has 5 heteroatoms. The van der Waals surface area contributed by atoms with Gasteiger partial charge in [0.05, 0.1) is 11.4 Å². The van der Waals surface area contributed by atoms with Crippen molar-refractivity contribution < 1.29 is 4.79 Å². The fourth-order valence-electron chi connectivity index (χ4n) is 1.26. The van der Waals surface area contributed by atoms with Crippen molar-refractivity contribution in [2.24, 2.45) is 0 Å². The zero-order chi connectivity index (χ0) is 12.1. The Labute approximate surface area is 95.1 Å². The first-order valence-corrected chi connectivity index (χ1v) is 5.30. The summed E-state index contributed by atoms with van der Waals surface area (Å²) in [5.41, 5.74) is 8.45. The van der Waals surface area contributed by atoms with E-state index in [9.17, 15) is 4.79 Å². The van der Waals surface area contributed by atoms with Crippen molar-refractivity contribution in [2.75, 3.05) is 12.3 Å². The molecule has 0 aliphatic carbocycles. The van der Waals surface area contributed by atoms with Gasteiger partial charge in [-0.05, 0) is 20.3 Å². The number of aryl methyl sites for hydroxylation is 1. The Kier molecular flexibility index (Phi) is 4.10. The molecular weight excluding hydrogens is 204 g/mol. The molecule has 0 bridgehead atoms. The maximum Gasteiger partial charge on any atom is 0.274 e. The standard InChI is InChI=1S/C11H18N4O/c1-4-8-9(12)10(15-14-8)11(16)13-6-5-7(2)3/h5H,4,6,12H2,1-3H3,(H,13,16)(H,14,15). The van der Waals surface area contributed by atoms with Crippen molar-refractivity contribution in [3.63, 3.8) is 0 Å². The smallest absolute Gasteiger partial charge is 0.274 e. The van der Waals surface area contributed by atoms with Gasteiger partial charge >= 0.3 is 0 Å². The highest BCUT2D eigenvalue weighted by Gasteiger charge is 2.15. The molecule has 0 saturated heterocycles. The predicted octanol–water partition coefficient (Wildman–Crippen LogP) is 1.25. The molecule has 4 N–H and O–H groups in total. The van der Waals surface area contributed by atoms with Crippen molar-refractivity contribution >= 4 is 11.6 Å². The van der Waals surface area contributed by atoms with Crippen LogP contribution in [-0.2, 0) is 6.42 Å². The number of hydrogen-bond donors (Lipinski definition) is 3. The summed E-state index contributed by atoms with van der Waals surface area (Å²) in [6.07, 6.45) is 2.67. The summed E-state index contributed by atoms with van der Waals surface area (Å²) in [6, 6.07) is 0. The van der Waals surface area contributed by atoms with Gasteiger partial charge in [0, 0.05) is 6.54 Å². The number of anilines is 1. The van der Waals surface area contributed by atoms with E-state index in [1.807, 2.05) is 26.8 Å². The Balaban J connectivity index is 2.66. The van der Waals surface area contributed by atoms with Crippen LogP contribution in [0, 0.1) is 0 Å². The van der Waals surface area contributed by atoms with E-state index in [4.69, 9.17) is 5.73 Å². The van der Waals surface area contributed by atoms with E-state index in [0.717, 1.165) is 17.7 Å². The first-order chi connectivity index (χ1) is 7.56. The Morgan fingerprint density at radius 2 is 2.25 bits per heavy atom. The van der Waals surface area contributed by atoms with Crippen LogP contribution in [0.2, 0.25) is 0 Å². The molecule has 0 aliphatic heterocycles. The number of allylic oxidation sites excluding steroid dienone is 1. The zero-order valence-corrected chi connectivity index (χ0v) is 9.92. The molecule has 0 aromatic carbocycles. The van der Waals surface area contributed by atoms with Crippen LogP contribution in [0.4, 0.5) is 5.69 Å². The highest BCUT2D eigenvalue weighted by molar-refractivity contribution is 5.97. The van der Waals surface area contributed by atoms with Crippen molar-refractivity contribution in [3.8, 4) is 0 Å². The molecule has 1 heterocycles. The molecule has 0 unspecified atom stereocenters. The maximum absolute atomic E-state index is 11.7. The summed E-state index contributed by atoms with van der Waals surface area (Å²) in [5.74, 6) is -0.244. The van der Waals surface area contributed by atoms with Crippen LogP contribution >= 0.6 is 0 Å². The van der Waals surface area contributed by atoms with Gasteiger partial charge < -0.3 is 11.1 Å². The molecule has 88 valence electrons. The zero-order valence-electron chi connectivity index (χ0n) is 9.92. The topological polar surface area (TPSA) is 83.8 Å². The highest BCUT2D eigenvalue weighted by atomic mass is 16.1. The van der Waals surface area contributed by atoms with Gasteiger partial charge in [-0.15, -0.1) is 0 Å². The lowest BCUT2D eigenvalue weighted by molar-refractivity contribution is 0.0954. The minimum Gasteiger partial charge on any atom is -0.395 e. The van der Waals surface area contributed by atoms with Gasteiger partial charge in [-0.1, -0.05) is 18.6 Å². The molecular formula is C11H18N4O. The number of nitrogens with two attached hydrogens (primary N) is 1. The van der Waals surface area contributed by atoms with Crippen LogP contribution in [0.15, 0.2) is 11.6 Å². The number of amides is 1. The van der Waals surface area contributed by atoms with Crippen LogP contribution < -0.4 is 11.1 Å². The minimum atomic E-state index is -0.244. The van der Waals surface area contributed by atoms with Gasteiger partial charge in [0.2, 0.25) is 0 Å². The summed E-state index contributed by atoms with van der Waals surface area (Å²) in [7, 11) is 0. The molecule has 5 nitrogen and oxygen atoms in total. The lowest BCUT2D eigenvalue weighted by atomic mass is 10.2. The van der Waals surface area contributed by atoms with Crippen LogP contribution in [-0.4, -0.2) is 22.6 Å². The average molecular weight is 222 g/mol. The summed E-state index contributed by atoms with van der Waals surface area (Å²) < 4.78 is 0. The molecule has 16 heavy (non-hydrogen) atoms. The van der Waals surface area contributed by atoms with Gasteiger partial charge in [-0.25, -0.2) is 0 Å². The van der Waals surface area contributed by atoms with E-state index in [0.29, 0.717) is 12.2 Å². The van der Waals surface area contributed by atoms with Gasteiger partial charge in [-0.3, -0.25) is 9.89 Å². The molecule has 1 rings (SSSR count). The molecule has 1 amide bonds. The van der Waals surface area contributed by atoms with Crippen LogP contribution in [0.25, 0.3) is 0 Å². The Morgan fingerprint density at radius 1 is 1.56 bits per heavy atom. The second-order valence-electron chi connectivity index (χ2n) is 3.81. The number of aromatic nitrogens is 2. The third kappa shape index (κ3) is 2.85. The molecule has 0 radical (unpaired) electrons. The molecule has 0 aliphatic rings. The number of aromatic amines is 1. The van der Waals surface area contributed by atoms with E-state index < -0.39 is 0 Å². The summed E-state index contributed by atoms with van der Waals surface area (Å²) >= 11 is 0. The fraction of sp³-hybridized carbons (Fsp3) is 0.455. The Hall–Kier alpha value is -1.78. The maximum atomic E-state index is 11.7. The number of H-pyrrole nitrogens is 1. The first-order valence-electron chi connectivity index (χ1n) is 5.30. The highest BCUT2D eigenvalue weighted by Crippen LogP contribution is 2.13. The van der Waals surface area contributed by atoms with Crippen molar-refractivity contribution in [1.29, 1.82) is 0 Å². The number of nitrogens with zero attached hydrogens (tertiary/aromatic N) is 1. The number of nitrogen functional groups attached to an aromatic ring is 1.